The maximum atomic E-state index is 11.1. The first kappa shape index (κ1) is 41.8. The Hall–Kier alpha value is -1.37. The first-order chi connectivity index (χ1) is 18.1. The third-order valence-electron chi connectivity index (χ3n) is 6.86. The molecule has 2 N–H and O–H groups in total. The number of nitrogen functional groups attached to an aromatic ring is 1. The number of halogens is 2. The molecular formula is C26H44B2Br2FeN8O2. The molecule has 0 saturated carbocycles. The largest absolute Gasteiger partial charge is 0.396 e. The van der Waals surface area contributed by atoms with Gasteiger partial charge in [-0.15, -0.1) is 0 Å². The van der Waals surface area contributed by atoms with Gasteiger partial charge in [0.05, 0.1) is 10.6 Å². The van der Waals surface area contributed by atoms with E-state index in [9.17, 15) is 10.1 Å². The van der Waals surface area contributed by atoms with Gasteiger partial charge in [-0.3, -0.25) is 10.1 Å². The standard InChI is InChI=1S/C12H17BrN4O2.C12H19BrN4.2CH4.B2.Fe/c1-15(2)10-3-5-16(6-4-10)12-11(17(18)19)7-9(13)8-14-12;1-16(2)10-3-5-17(6-4-10)12-11(14)7-9(13)8-15-12;;;1-2;/h7-8,10H,3-6H2,1-2H3;7-8,10H,3-6,14H2,1-2H3;2*1H4;;. The fraction of sp³-hybridized carbons (Fsp3) is 0.615. The van der Waals surface area contributed by atoms with Crippen molar-refractivity contribution in [3.8, 4) is 0 Å². The van der Waals surface area contributed by atoms with Gasteiger partial charge < -0.3 is 25.3 Å². The second kappa shape index (κ2) is 20.5. The van der Waals surface area contributed by atoms with E-state index in [-0.39, 0.29) is 42.5 Å². The number of anilines is 3. The van der Waals surface area contributed by atoms with Gasteiger partial charge >= 0.3 is 5.69 Å². The quantitative estimate of drug-likeness (QED) is 0.265. The van der Waals surface area contributed by atoms with Crippen molar-refractivity contribution >= 4 is 70.3 Å². The summed E-state index contributed by atoms with van der Waals surface area (Å²) >= 11 is 6.61. The number of piperidine rings is 2. The molecule has 41 heavy (non-hydrogen) atoms. The minimum absolute atomic E-state index is 0. The molecule has 0 atom stereocenters. The zero-order chi connectivity index (χ0) is 28.4. The number of aromatic nitrogens is 2. The van der Waals surface area contributed by atoms with E-state index in [1.54, 1.807) is 6.20 Å². The number of hydrogen-bond donors (Lipinski definition) is 1. The Kier molecular flexibility index (Phi) is 20.9. The molecule has 10 nitrogen and oxygen atoms in total. The van der Waals surface area contributed by atoms with Crippen molar-refractivity contribution < 1.29 is 22.0 Å². The van der Waals surface area contributed by atoms with Crippen LogP contribution >= 0.6 is 31.9 Å². The normalized spacial score (nSPS) is 15.3. The Morgan fingerprint density at radius 2 is 1.22 bits per heavy atom. The molecule has 0 amide bonds. The second-order valence-electron chi connectivity index (χ2n) is 9.68. The van der Waals surface area contributed by atoms with Gasteiger partial charge in [-0.2, -0.15) is 0 Å². The average Bonchev–Trinajstić information content (AvgIpc) is 2.90. The van der Waals surface area contributed by atoms with E-state index in [0.717, 1.165) is 55.0 Å². The molecule has 2 aromatic rings. The molecule has 4 rings (SSSR count). The Morgan fingerprint density at radius 3 is 1.59 bits per heavy atom. The molecule has 2 aliphatic heterocycles. The molecule has 0 aliphatic carbocycles. The van der Waals surface area contributed by atoms with Crippen molar-refractivity contribution in [1.82, 2.24) is 19.8 Å². The van der Waals surface area contributed by atoms with E-state index in [1.165, 1.54) is 18.9 Å². The van der Waals surface area contributed by atoms with Crippen LogP contribution in [-0.4, -0.2) is 107 Å². The maximum Gasteiger partial charge on any atom is 0.312 e. The third-order valence-corrected chi connectivity index (χ3v) is 7.73. The van der Waals surface area contributed by atoms with E-state index < -0.39 is 0 Å². The second-order valence-corrected chi connectivity index (χ2v) is 11.5. The van der Waals surface area contributed by atoms with Crippen LogP contribution < -0.4 is 15.5 Å². The molecule has 2 aromatic heterocycles. The van der Waals surface area contributed by atoms with E-state index in [4.69, 9.17) is 5.73 Å². The molecular weight excluding hydrogens is 694 g/mol. The van der Waals surface area contributed by atoms with Crippen molar-refractivity contribution in [3.05, 3.63) is 43.6 Å². The molecule has 0 bridgehead atoms. The van der Waals surface area contributed by atoms with E-state index in [0.29, 0.717) is 22.4 Å². The monoisotopic (exact) mass is 736 g/mol. The van der Waals surface area contributed by atoms with Crippen molar-refractivity contribution in [2.45, 2.75) is 52.6 Å². The number of nitrogens with two attached hydrogens (primary N) is 1. The first-order valence-corrected chi connectivity index (χ1v) is 14.0. The number of rotatable bonds is 5. The van der Waals surface area contributed by atoms with Crippen LogP contribution in [0.1, 0.15) is 40.5 Å². The van der Waals surface area contributed by atoms with Gasteiger partial charge in [-0.25, -0.2) is 9.97 Å². The molecule has 15 heteroatoms. The number of pyridine rings is 2. The van der Waals surface area contributed by atoms with Gasteiger partial charge in [0.2, 0.25) is 5.82 Å². The van der Waals surface area contributed by atoms with Gasteiger partial charge in [-0.1, -0.05) is 14.9 Å². The van der Waals surface area contributed by atoms with Crippen LogP contribution in [0.5, 0.6) is 0 Å². The predicted octanol–water partition coefficient (Wildman–Crippen LogP) is 4.75. The summed E-state index contributed by atoms with van der Waals surface area (Å²) in [5.41, 5.74) is 6.82. The minimum Gasteiger partial charge on any atom is -0.396 e. The summed E-state index contributed by atoms with van der Waals surface area (Å²) in [5.74, 6) is 1.40. The molecule has 2 aliphatic rings. The number of nitro groups is 1. The van der Waals surface area contributed by atoms with Crippen LogP contribution in [0.25, 0.3) is 0 Å². The molecule has 0 spiro atoms. The smallest absolute Gasteiger partial charge is 0.312 e. The number of nitrogens with zero attached hydrogens (tertiary/aromatic N) is 7. The van der Waals surface area contributed by atoms with Gasteiger partial charge in [0.25, 0.3) is 0 Å². The van der Waals surface area contributed by atoms with Crippen LogP contribution in [-0.2, 0) is 17.1 Å². The van der Waals surface area contributed by atoms with Gasteiger partial charge in [-0.05, 0) is 91.8 Å². The van der Waals surface area contributed by atoms with Crippen molar-refractivity contribution in [3.63, 3.8) is 0 Å². The summed E-state index contributed by atoms with van der Waals surface area (Å²) in [4.78, 5) is 28.2. The van der Waals surface area contributed by atoms with E-state index in [2.05, 4.69) is 100 Å². The zero-order valence-corrected chi connectivity index (χ0v) is 27.2. The summed E-state index contributed by atoms with van der Waals surface area (Å²) < 4.78 is 1.56. The molecule has 0 unspecified atom stereocenters. The molecule has 2 fully saturated rings. The van der Waals surface area contributed by atoms with Crippen LogP contribution in [0.3, 0.4) is 0 Å². The maximum absolute atomic E-state index is 11.1. The summed E-state index contributed by atoms with van der Waals surface area (Å²) in [6.07, 6.45) is 7.77. The van der Waals surface area contributed by atoms with Gasteiger partial charge in [0.15, 0.2) is 5.82 Å². The molecule has 0 aromatic carbocycles. The van der Waals surface area contributed by atoms with Gasteiger partial charge in [0.1, 0.15) is 0 Å². The van der Waals surface area contributed by atoms with E-state index in [1.807, 2.05) is 17.2 Å². The Balaban J connectivity index is 0. The topological polar surface area (TPSA) is 108 Å². The molecule has 2 saturated heterocycles. The third kappa shape index (κ3) is 12.4. The minimum atomic E-state index is -0.370. The summed E-state index contributed by atoms with van der Waals surface area (Å²) in [5, 5.41) is 11.1. The van der Waals surface area contributed by atoms with Gasteiger partial charge in [0, 0.05) is 98.2 Å². The fourth-order valence-electron chi connectivity index (χ4n) is 4.70. The SMILES string of the molecule is C.C.CN(C)C1CCN(c2ncc(Br)cc2N)CC1.CN(C)C1CCN(c2ncc(Br)cc2[N+](=O)[O-])CC1.[B][B].[Fe]. The Labute approximate surface area is 276 Å². The molecule has 4 heterocycles. The summed E-state index contributed by atoms with van der Waals surface area (Å²) in [7, 11) is 16.4. The summed E-state index contributed by atoms with van der Waals surface area (Å²) in [6.45, 7) is 3.67. The predicted molar refractivity (Wildman–Crippen MR) is 178 cm³/mol. The van der Waals surface area contributed by atoms with Crippen LogP contribution in [0.2, 0.25) is 0 Å². The van der Waals surface area contributed by atoms with Crippen molar-refractivity contribution in [2.24, 2.45) is 0 Å². The molecule has 4 radical (unpaired) electrons. The van der Waals surface area contributed by atoms with E-state index >= 15 is 0 Å². The van der Waals surface area contributed by atoms with Crippen LogP contribution in [0, 0.1) is 10.1 Å². The number of hydrogen-bond acceptors (Lipinski definition) is 9. The summed E-state index contributed by atoms with van der Waals surface area (Å²) in [6, 6.07) is 4.66. The average molecular weight is 738 g/mol. The van der Waals surface area contributed by atoms with Crippen molar-refractivity contribution in [2.75, 3.05) is 69.9 Å². The van der Waals surface area contributed by atoms with Crippen LogP contribution in [0.15, 0.2) is 33.5 Å². The molecule has 228 valence electrons. The first-order valence-electron chi connectivity index (χ1n) is 12.4. The fourth-order valence-corrected chi connectivity index (χ4v) is 5.37. The van der Waals surface area contributed by atoms with Crippen LogP contribution in [0.4, 0.5) is 23.0 Å². The Bertz CT molecular complexity index is 1040. The van der Waals surface area contributed by atoms with Crippen molar-refractivity contribution in [1.29, 1.82) is 0 Å². The Morgan fingerprint density at radius 1 is 0.854 bits per heavy atom. The zero-order valence-electron chi connectivity index (χ0n) is 22.9.